The Hall–Kier alpha value is -1.26. The molecule has 1 aromatic rings. The molecule has 1 aliphatic rings. The van der Waals surface area contributed by atoms with Crippen LogP contribution in [0.3, 0.4) is 0 Å². The summed E-state index contributed by atoms with van der Waals surface area (Å²) < 4.78 is 0. The lowest BCUT2D eigenvalue weighted by Gasteiger charge is -2.19. The van der Waals surface area contributed by atoms with Crippen molar-refractivity contribution in [2.75, 3.05) is 25.5 Å². The number of anilines is 1. The van der Waals surface area contributed by atoms with E-state index in [0.717, 1.165) is 12.1 Å². The zero-order valence-corrected chi connectivity index (χ0v) is 11.9. The van der Waals surface area contributed by atoms with Gasteiger partial charge in [0, 0.05) is 23.3 Å². The van der Waals surface area contributed by atoms with Crippen LogP contribution in [0, 0.1) is 0 Å². The topological polar surface area (TPSA) is 44.4 Å². The smallest absolute Gasteiger partial charge is 0.319 e. The third kappa shape index (κ3) is 4.40. The Kier molecular flexibility index (Phi) is 5.05. The van der Waals surface area contributed by atoms with Crippen LogP contribution in [0.25, 0.3) is 0 Å². The van der Waals surface area contributed by atoms with Gasteiger partial charge in [0.05, 0.1) is 0 Å². The molecule has 4 nitrogen and oxygen atoms in total. The highest BCUT2D eigenvalue weighted by Crippen LogP contribution is 2.17. The maximum atomic E-state index is 11.7. The van der Waals surface area contributed by atoms with Gasteiger partial charge in [-0.1, -0.05) is 11.6 Å². The summed E-state index contributed by atoms with van der Waals surface area (Å²) >= 11 is 5.79. The molecular formula is C14H20ClN3O. The summed E-state index contributed by atoms with van der Waals surface area (Å²) in [6, 6.07) is 7.52. The van der Waals surface area contributed by atoms with Crippen LogP contribution < -0.4 is 10.6 Å². The van der Waals surface area contributed by atoms with Gasteiger partial charge in [-0.2, -0.15) is 0 Å². The van der Waals surface area contributed by atoms with E-state index in [-0.39, 0.29) is 6.03 Å². The summed E-state index contributed by atoms with van der Waals surface area (Å²) in [4.78, 5) is 14.0. The predicted octanol–water partition coefficient (Wildman–Crippen LogP) is 2.95. The number of nitrogens with one attached hydrogen (secondary N) is 2. The molecule has 0 saturated carbocycles. The Bertz CT molecular complexity index is 421. The van der Waals surface area contributed by atoms with Crippen molar-refractivity contribution in [2.24, 2.45) is 0 Å². The van der Waals surface area contributed by atoms with Gasteiger partial charge >= 0.3 is 6.03 Å². The van der Waals surface area contributed by atoms with E-state index in [1.54, 1.807) is 24.3 Å². The molecule has 104 valence electrons. The fourth-order valence-corrected chi connectivity index (χ4v) is 2.53. The molecule has 1 atom stereocenters. The van der Waals surface area contributed by atoms with Gasteiger partial charge in [-0.3, -0.25) is 0 Å². The van der Waals surface area contributed by atoms with E-state index in [9.17, 15) is 4.79 Å². The number of likely N-dealkylation sites (tertiary alicyclic amines) is 1. The largest absolute Gasteiger partial charge is 0.338 e. The second kappa shape index (κ2) is 6.78. The highest BCUT2D eigenvalue weighted by atomic mass is 35.5. The van der Waals surface area contributed by atoms with Gasteiger partial charge in [0.25, 0.3) is 0 Å². The van der Waals surface area contributed by atoms with Gasteiger partial charge in [-0.15, -0.1) is 0 Å². The van der Waals surface area contributed by atoms with E-state index in [0.29, 0.717) is 17.6 Å². The van der Waals surface area contributed by atoms with E-state index in [1.165, 1.54) is 19.4 Å². The summed E-state index contributed by atoms with van der Waals surface area (Å²) in [5.41, 5.74) is 0.750. The number of hydrogen-bond acceptors (Lipinski definition) is 2. The molecule has 1 saturated heterocycles. The Morgan fingerprint density at radius 2 is 2.16 bits per heavy atom. The third-order valence-corrected chi connectivity index (χ3v) is 3.79. The quantitative estimate of drug-likeness (QED) is 0.891. The van der Waals surface area contributed by atoms with E-state index >= 15 is 0 Å². The molecule has 1 aliphatic heterocycles. The van der Waals surface area contributed by atoms with Crippen molar-refractivity contribution in [3.8, 4) is 0 Å². The SMILES string of the molecule is CN1CCCC1CCNC(=O)Nc1ccc(Cl)cc1. The van der Waals surface area contributed by atoms with Crippen molar-refractivity contribution in [3.05, 3.63) is 29.3 Å². The number of benzene rings is 1. The lowest BCUT2D eigenvalue weighted by Crippen LogP contribution is -2.34. The standard InChI is InChI=1S/C14H20ClN3O/c1-18-10-2-3-13(18)8-9-16-14(19)17-12-6-4-11(15)5-7-12/h4-7,13H,2-3,8-10H2,1H3,(H2,16,17,19). The van der Waals surface area contributed by atoms with Gasteiger partial charge < -0.3 is 15.5 Å². The van der Waals surface area contributed by atoms with Crippen LogP contribution >= 0.6 is 11.6 Å². The van der Waals surface area contributed by atoms with Crippen molar-refractivity contribution >= 4 is 23.3 Å². The van der Waals surface area contributed by atoms with Crippen molar-refractivity contribution in [1.29, 1.82) is 0 Å². The monoisotopic (exact) mass is 281 g/mol. The van der Waals surface area contributed by atoms with E-state index in [1.807, 2.05) is 0 Å². The van der Waals surface area contributed by atoms with Gasteiger partial charge in [0.15, 0.2) is 0 Å². The molecule has 0 aliphatic carbocycles. The molecule has 2 rings (SSSR count). The molecule has 0 bridgehead atoms. The van der Waals surface area contributed by atoms with Crippen LogP contribution in [-0.2, 0) is 0 Å². The highest BCUT2D eigenvalue weighted by Gasteiger charge is 2.20. The molecule has 0 radical (unpaired) electrons. The molecule has 2 amide bonds. The summed E-state index contributed by atoms with van der Waals surface area (Å²) in [6.45, 7) is 1.87. The number of carbonyl (C=O) groups excluding carboxylic acids is 1. The number of halogens is 1. The van der Waals surface area contributed by atoms with Crippen LogP contribution in [0.4, 0.5) is 10.5 Å². The van der Waals surface area contributed by atoms with Crippen molar-refractivity contribution in [3.63, 3.8) is 0 Å². The Morgan fingerprint density at radius 3 is 2.79 bits per heavy atom. The summed E-state index contributed by atoms with van der Waals surface area (Å²) in [5, 5.41) is 6.33. The Morgan fingerprint density at radius 1 is 1.42 bits per heavy atom. The van der Waals surface area contributed by atoms with E-state index in [4.69, 9.17) is 11.6 Å². The summed E-state index contributed by atoms with van der Waals surface area (Å²) in [5.74, 6) is 0. The normalized spacial score (nSPS) is 19.4. The zero-order valence-electron chi connectivity index (χ0n) is 11.2. The van der Waals surface area contributed by atoms with Crippen LogP contribution in [-0.4, -0.2) is 37.1 Å². The second-order valence-electron chi connectivity index (χ2n) is 4.95. The average molecular weight is 282 g/mol. The lowest BCUT2D eigenvalue weighted by molar-refractivity contribution is 0.248. The van der Waals surface area contributed by atoms with Crippen molar-refractivity contribution in [1.82, 2.24) is 10.2 Å². The first kappa shape index (κ1) is 14.2. The van der Waals surface area contributed by atoms with E-state index < -0.39 is 0 Å². The van der Waals surface area contributed by atoms with E-state index in [2.05, 4.69) is 22.6 Å². The van der Waals surface area contributed by atoms with Crippen molar-refractivity contribution < 1.29 is 4.79 Å². The highest BCUT2D eigenvalue weighted by molar-refractivity contribution is 6.30. The minimum absolute atomic E-state index is 0.164. The maximum Gasteiger partial charge on any atom is 0.319 e. The maximum absolute atomic E-state index is 11.7. The molecule has 0 aromatic heterocycles. The molecule has 1 heterocycles. The zero-order chi connectivity index (χ0) is 13.7. The number of carbonyl (C=O) groups is 1. The number of nitrogens with zero attached hydrogens (tertiary/aromatic N) is 1. The number of rotatable bonds is 4. The molecule has 19 heavy (non-hydrogen) atoms. The summed E-state index contributed by atoms with van der Waals surface area (Å²) in [6.07, 6.45) is 3.50. The Labute approximate surface area is 119 Å². The van der Waals surface area contributed by atoms with Crippen LogP contribution in [0.15, 0.2) is 24.3 Å². The molecule has 5 heteroatoms. The first-order valence-corrected chi connectivity index (χ1v) is 7.03. The average Bonchev–Trinajstić information content (AvgIpc) is 2.78. The fourth-order valence-electron chi connectivity index (χ4n) is 2.40. The van der Waals surface area contributed by atoms with Crippen LogP contribution in [0.5, 0.6) is 0 Å². The fraction of sp³-hybridized carbons (Fsp3) is 0.500. The number of urea groups is 1. The third-order valence-electron chi connectivity index (χ3n) is 3.54. The van der Waals surface area contributed by atoms with Gasteiger partial charge in [-0.05, 0) is 57.1 Å². The second-order valence-corrected chi connectivity index (χ2v) is 5.39. The molecule has 2 N–H and O–H groups in total. The predicted molar refractivity (Wildman–Crippen MR) is 78.7 cm³/mol. The Balaban J connectivity index is 1.68. The molecule has 0 spiro atoms. The first-order valence-electron chi connectivity index (χ1n) is 6.66. The number of amides is 2. The minimum Gasteiger partial charge on any atom is -0.338 e. The molecular weight excluding hydrogens is 262 g/mol. The molecule has 1 unspecified atom stereocenters. The molecule has 1 aromatic carbocycles. The number of hydrogen-bond donors (Lipinski definition) is 2. The minimum atomic E-state index is -0.164. The lowest BCUT2D eigenvalue weighted by atomic mass is 10.1. The van der Waals surface area contributed by atoms with Crippen LogP contribution in [0.1, 0.15) is 19.3 Å². The first-order chi connectivity index (χ1) is 9.15. The van der Waals surface area contributed by atoms with Gasteiger partial charge in [0.2, 0.25) is 0 Å². The van der Waals surface area contributed by atoms with Crippen LogP contribution in [0.2, 0.25) is 5.02 Å². The molecule has 1 fully saturated rings. The van der Waals surface area contributed by atoms with Crippen molar-refractivity contribution in [2.45, 2.75) is 25.3 Å². The van der Waals surface area contributed by atoms with Gasteiger partial charge in [-0.25, -0.2) is 4.79 Å². The van der Waals surface area contributed by atoms with Gasteiger partial charge in [0.1, 0.15) is 0 Å². The summed E-state index contributed by atoms with van der Waals surface area (Å²) in [7, 11) is 2.14.